The number of fused-ring (bicyclic) bond motifs is 1. The molecule has 0 aliphatic carbocycles. The van der Waals surface area contributed by atoms with E-state index < -0.39 is 5.91 Å². The van der Waals surface area contributed by atoms with Crippen molar-refractivity contribution in [2.45, 2.75) is 0 Å². The number of carbonyl (C=O) groups is 1. The Kier molecular flexibility index (Phi) is 3.77. The Morgan fingerprint density at radius 1 is 1.19 bits per heavy atom. The van der Waals surface area contributed by atoms with E-state index >= 15 is 0 Å². The average Bonchev–Trinajstić information content (AvgIpc) is 3.28. The van der Waals surface area contributed by atoms with Gasteiger partial charge < -0.3 is 20.1 Å². The number of amides is 1. The highest BCUT2D eigenvalue weighted by atomic mass is 16.5. The number of anilines is 1. The molecule has 0 aliphatic rings. The maximum absolute atomic E-state index is 12.3. The number of rotatable bonds is 4. The van der Waals surface area contributed by atoms with Crippen LogP contribution >= 0.6 is 0 Å². The lowest BCUT2D eigenvalue weighted by Crippen LogP contribution is -2.12. The van der Waals surface area contributed by atoms with Crippen molar-refractivity contribution in [1.82, 2.24) is 20.2 Å². The first kappa shape index (κ1) is 15.7. The van der Waals surface area contributed by atoms with Crippen molar-refractivity contribution in [2.24, 2.45) is 0 Å². The van der Waals surface area contributed by atoms with Gasteiger partial charge in [0.2, 0.25) is 0 Å². The SMILES string of the molecule is COc1ccc(C(=O)Nc2cc(-c3nc4ccccc4[nH]3)[nH]n2)cc1O. The predicted octanol–water partition coefficient (Wildman–Crippen LogP) is 2.92. The van der Waals surface area contributed by atoms with Crippen LogP contribution in [0.3, 0.4) is 0 Å². The van der Waals surface area contributed by atoms with Crippen molar-refractivity contribution >= 4 is 22.8 Å². The number of imidazole rings is 1. The third-order valence-corrected chi connectivity index (χ3v) is 3.90. The Balaban J connectivity index is 1.54. The molecule has 4 rings (SSSR count). The first-order valence-corrected chi connectivity index (χ1v) is 7.83. The van der Waals surface area contributed by atoms with Crippen LogP contribution in [0.4, 0.5) is 5.82 Å². The van der Waals surface area contributed by atoms with Gasteiger partial charge in [-0.15, -0.1) is 0 Å². The fourth-order valence-corrected chi connectivity index (χ4v) is 2.61. The Morgan fingerprint density at radius 2 is 2.04 bits per heavy atom. The standard InChI is InChI=1S/C18H15N5O3/c1-26-15-7-6-10(8-14(15)24)18(25)21-16-9-13(22-23-16)17-19-11-4-2-3-5-12(11)20-17/h2-9,24H,1H3,(H,19,20)(H2,21,22,23,25). The molecule has 0 bridgehead atoms. The van der Waals surface area contributed by atoms with E-state index in [1.807, 2.05) is 24.3 Å². The van der Waals surface area contributed by atoms with Gasteiger partial charge in [-0.25, -0.2) is 4.98 Å². The minimum Gasteiger partial charge on any atom is -0.504 e. The number of aromatic amines is 2. The molecule has 26 heavy (non-hydrogen) atoms. The van der Waals surface area contributed by atoms with Crippen molar-refractivity contribution in [3.8, 4) is 23.0 Å². The number of aromatic nitrogens is 4. The number of benzene rings is 2. The number of phenolic OH excluding ortho intramolecular Hbond substituents is 1. The molecule has 2 aromatic carbocycles. The van der Waals surface area contributed by atoms with Crippen LogP contribution in [0.25, 0.3) is 22.6 Å². The highest BCUT2D eigenvalue weighted by Gasteiger charge is 2.13. The molecule has 0 aliphatic heterocycles. The second kappa shape index (κ2) is 6.25. The number of nitrogens with one attached hydrogen (secondary N) is 3. The zero-order chi connectivity index (χ0) is 18.1. The molecule has 0 saturated heterocycles. The van der Waals surface area contributed by atoms with Crippen LogP contribution in [-0.4, -0.2) is 38.3 Å². The molecule has 0 saturated carbocycles. The Labute approximate surface area is 147 Å². The Morgan fingerprint density at radius 3 is 2.81 bits per heavy atom. The summed E-state index contributed by atoms with van der Waals surface area (Å²) in [6, 6.07) is 13.8. The molecule has 1 amide bonds. The van der Waals surface area contributed by atoms with Gasteiger partial charge in [-0.1, -0.05) is 12.1 Å². The number of para-hydroxylation sites is 2. The lowest BCUT2D eigenvalue weighted by molar-refractivity contribution is 0.102. The number of ether oxygens (including phenoxy) is 1. The fraction of sp³-hybridized carbons (Fsp3) is 0.0556. The number of hydrogen-bond acceptors (Lipinski definition) is 5. The summed E-state index contributed by atoms with van der Waals surface area (Å²) in [5.41, 5.74) is 2.69. The van der Waals surface area contributed by atoms with Crippen LogP contribution in [0.2, 0.25) is 0 Å². The van der Waals surface area contributed by atoms with E-state index in [-0.39, 0.29) is 11.3 Å². The van der Waals surface area contributed by atoms with Crippen LogP contribution < -0.4 is 10.1 Å². The minimum atomic E-state index is -0.398. The molecule has 0 spiro atoms. The van der Waals surface area contributed by atoms with Gasteiger partial charge in [0.05, 0.1) is 18.1 Å². The van der Waals surface area contributed by atoms with Crippen molar-refractivity contribution in [3.05, 3.63) is 54.1 Å². The third-order valence-electron chi connectivity index (χ3n) is 3.90. The smallest absolute Gasteiger partial charge is 0.257 e. The number of methoxy groups -OCH3 is 1. The second-order valence-electron chi connectivity index (χ2n) is 5.61. The molecule has 8 heteroatoms. The van der Waals surface area contributed by atoms with E-state index in [0.29, 0.717) is 23.1 Å². The van der Waals surface area contributed by atoms with Crippen LogP contribution in [0.15, 0.2) is 48.5 Å². The summed E-state index contributed by atoms with van der Waals surface area (Å²) >= 11 is 0. The normalized spacial score (nSPS) is 10.8. The van der Waals surface area contributed by atoms with Gasteiger partial charge in [0.15, 0.2) is 23.1 Å². The Bertz CT molecular complexity index is 1070. The van der Waals surface area contributed by atoms with Crippen LogP contribution in [0, 0.1) is 0 Å². The lowest BCUT2D eigenvalue weighted by atomic mass is 10.2. The zero-order valence-corrected chi connectivity index (χ0v) is 13.8. The maximum atomic E-state index is 12.3. The van der Waals surface area contributed by atoms with Gasteiger partial charge in [-0.3, -0.25) is 9.89 Å². The summed E-state index contributed by atoms with van der Waals surface area (Å²) in [5, 5.41) is 19.4. The summed E-state index contributed by atoms with van der Waals surface area (Å²) in [6.07, 6.45) is 0. The highest BCUT2D eigenvalue weighted by Crippen LogP contribution is 2.27. The quantitative estimate of drug-likeness (QED) is 0.452. The van der Waals surface area contributed by atoms with Gasteiger partial charge >= 0.3 is 0 Å². The number of carbonyl (C=O) groups excluding carboxylic acids is 1. The molecular formula is C18H15N5O3. The number of hydrogen-bond donors (Lipinski definition) is 4. The first-order valence-electron chi connectivity index (χ1n) is 7.83. The van der Waals surface area contributed by atoms with Gasteiger partial charge in [0.25, 0.3) is 5.91 Å². The van der Waals surface area contributed by atoms with Crippen molar-refractivity contribution in [1.29, 1.82) is 0 Å². The van der Waals surface area contributed by atoms with Gasteiger partial charge in [-0.05, 0) is 30.3 Å². The molecule has 4 N–H and O–H groups in total. The minimum absolute atomic E-state index is 0.106. The summed E-state index contributed by atoms with van der Waals surface area (Å²) in [6.45, 7) is 0. The molecule has 4 aromatic rings. The van der Waals surface area contributed by atoms with E-state index in [2.05, 4.69) is 25.5 Å². The van der Waals surface area contributed by atoms with Crippen LogP contribution in [0.5, 0.6) is 11.5 Å². The van der Waals surface area contributed by atoms with Crippen molar-refractivity contribution in [3.63, 3.8) is 0 Å². The zero-order valence-electron chi connectivity index (χ0n) is 13.8. The second-order valence-corrected chi connectivity index (χ2v) is 5.61. The summed E-state index contributed by atoms with van der Waals surface area (Å²) in [7, 11) is 1.44. The molecule has 2 heterocycles. The van der Waals surface area contributed by atoms with E-state index in [1.54, 1.807) is 12.1 Å². The maximum Gasteiger partial charge on any atom is 0.257 e. The summed E-state index contributed by atoms with van der Waals surface area (Å²) in [5.74, 6) is 0.770. The predicted molar refractivity (Wildman–Crippen MR) is 96.3 cm³/mol. The van der Waals surface area contributed by atoms with E-state index in [1.165, 1.54) is 19.2 Å². The van der Waals surface area contributed by atoms with Gasteiger partial charge in [-0.2, -0.15) is 5.10 Å². The number of aromatic hydroxyl groups is 1. The van der Waals surface area contributed by atoms with Gasteiger partial charge in [0.1, 0.15) is 5.69 Å². The molecule has 0 unspecified atom stereocenters. The average molecular weight is 349 g/mol. The lowest BCUT2D eigenvalue weighted by Gasteiger charge is -2.05. The number of H-pyrrole nitrogens is 2. The fourth-order valence-electron chi connectivity index (χ4n) is 2.61. The van der Waals surface area contributed by atoms with E-state index in [9.17, 15) is 9.90 Å². The molecule has 0 radical (unpaired) electrons. The summed E-state index contributed by atoms with van der Waals surface area (Å²) in [4.78, 5) is 20.0. The molecule has 0 fully saturated rings. The van der Waals surface area contributed by atoms with Crippen LogP contribution in [0.1, 0.15) is 10.4 Å². The summed E-state index contributed by atoms with van der Waals surface area (Å²) < 4.78 is 4.97. The first-order chi connectivity index (χ1) is 12.6. The molecule has 2 aromatic heterocycles. The Hall–Kier alpha value is -3.81. The number of phenols is 1. The molecule has 8 nitrogen and oxygen atoms in total. The topological polar surface area (TPSA) is 116 Å². The van der Waals surface area contributed by atoms with E-state index in [4.69, 9.17) is 4.74 Å². The molecule has 130 valence electrons. The highest BCUT2D eigenvalue weighted by molar-refractivity contribution is 6.04. The molecule has 0 atom stereocenters. The molecular weight excluding hydrogens is 334 g/mol. The largest absolute Gasteiger partial charge is 0.504 e. The third kappa shape index (κ3) is 2.84. The van der Waals surface area contributed by atoms with Crippen molar-refractivity contribution < 1.29 is 14.6 Å². The van der Waals surface area contributed by atoms with Crippen molar-refractivity contribution in [2.75, 3.05) is 12.4 Å². The number of nitrogens with zero attached hydrogens (tertiary/aromatic N) is 2. The monoisotopic (exact) mass is 349 g/mol. The van der Waals surface area contributed by atoms with E-state index in [0.717, 1.165) is 11.0 Å². The van der Waals surface area contributed by atoms with Crippen LogP contribution in [-0.2, 0) is 0 Å². The van der Waals surface area contributed by atoms with Gasteiger partial charge in [0, 0.05) is 11.6 Å².